The number of nitrogens with zero attached hydrogens (tertiary/aromatic N) is 2. The first-order valence-corrected chi connectivity index (χ1v) is 6.42. The molecule has 4 heteroatoms. The first-order valence-electron chi connectivity index (χ1n) is 4.63. The zero-order valence-electron chi connectivity index (χ0n) is 9.29. The van der Waals surface area contributed by atoms with E-state index in [1.807, 2.05) is 11.8 Å². The number of hydrogen-bond donors (Lipinski definition) is 1. The van der Waals surface area contributed by atoms with Gasteiger partial charge >= 0.3 is 0 Å². The van der Waals surface area contributed by atoms with Crippen LogP contribution in [0.15, 0.2) is 0 Å². The largest absolute Gasteiger partial charge is 0.330 e. The third-order valence-electron chi connectivity index (χ3n) is 1.70. The predicted octanol–water partition coefficient (Wildman–Crippen LogP) is 1.24. The van der Waals surface area contributed by atoms with E-state index in [9.17, 15) is 0 Å². The molecule has 0 aromatic rings. The van der Waals surface area contributed by atoms with Gasteiger partial charge in [-0.3, -0.25) is 4.90 Å². The molecular formula is C9H23N2S2+. The Bertz CT molecular complexity index is 123. The van der Waals surface area contributed by atoms with Gasteiger partial charge in [0.2, 0.25) is 0 Å². The second kappa shape index (κ2) is 6.98. The Morgan fingerprint density at radius 3 is 2.38 bits per heavy atom. The van der Waals surface area contributed by atoms with Gasteiger partial charge in [-0.15, -0.1) is 11.8 Å². The van der Waals surface area contributed by atoms with Crippen molar-refractivity contribution in [3.63, 3.8) is 0 Å². The lowest BCUT2D eigenvalue weighted by molar-refractivity contribution is -0.867. The fraction of sp³-hybridized carbons (Fsp3) is 1.00. The standard InChI is InChI=1S/C9H22N2S2/c1-10(5-7-12)9-13-8-6-11(2,3)4/h5-9H2,1-4H3/p+1. The third kappa shape index (κ3) is 10.5. The maximum atomic E-state index is 4.20. The molecule has 0 aromatic heterocycles. The molecule has 0 bridgehead atoms. The molecule has 0 fully saturated rings. The molecular weight excluding hydrogens is 200 g/mol. The predicted molar refractivity (Wildman–Crippen MR) is 66.7 cm³/mol. The molecule has 80 valence electrons. The molecule has 0 N–H and O–H groups in total. The normalized spacial score (nSPS) is 12.5. The van der Waals surface area contributed by atoms with Crippen LogP contribution in [0, 0.1) is 0 Å². The molecule has 0 atom stereocenters. The second-order valence-corrected chi connectivity index (χ2v) is 5.88. The lowest BCUT2D eigenvalue weighted by atomic mass is 10.6. The van der Waals surface area contributed by atoms with Gasteiger partial charge in [0.05, 0.1) is 27.7 Å². The van der Waals surface area contributed by atoms with Crippen LogP contribution in [-0.2, 0) is 0 Å². The summed E-state index contributed by atoms with van der Waals surface area (Å²) in [7, 11) is 8.85. The topological polar surface area (TPSA) is 3.24 Å². The average molecular weight is 223 g/mol. The molecule has 0 unspecified atom stereocenters. The Hall–Kier alpha value is 0.620. The molecule has 0 radical (unpaired) electrons. The Morgan fingerprint density at radius 2 is 1.92 bits per heavy atom. The molecule has 0 amide bonds. The summed E-state index contributed by atoms with van der Waals surface area (Å²) in [6.45, 7) is 2.32. The molecule has 0 saturated carbocycles. The van der Waals surface area contributed by atoms with E-state index in [1.165, 1.54) is 12.3 Å². The highest BCUT2D eigenvalue weighted by Crippen LogP contribution is 2.04. The van der Waals surface area contributed by atoms with Gasteiger partial charge in [0.25, 0.3) is 0 Å². The molecule has 0 saturated heterocycles. The van der Waals surface area contributed by atoms with Crippen LogP contribution in [0.4, 0.5) is 0 Å². The van der Waals surface area contributed by atoms with Crippen LogP contribution in [0.25, 0.3) is 0 Å². The van der Waals surface area contributed by atoms with E-state index in [4.69, 9.17) is 0 Å². The van der Waals surface area contributed by atoms with Crippen molar-refractivity contribution in [2.24, 2.45) is 0 Å². The van der Waals surface area contributed by atoms with E-state index in [0.717, 1.165) is 22.7 Å². The summed E-state index contributed by atoms with van der Waals surface area (Å²) in [5.74, 6) is 3.31. The lowest BCUT2D eigenvalue weighted by Crippen LogP contribution is -2.36. The summed E-state index contributed by atoms with van der Waals surface area (Å²) < 4.78 is 1.06. The third-order valence-corrected chi connectivity index (χ3v) is 2.99. The van der Waals surface area contributed by atoms with Gasteiger partial charge in [0.1, 0.15) is 0 Å². The van der Waals surface area contributed by atoms with E-state index in [1.54, 1.807) is 0 Å². The Kier molecular flexibility index (Phi) is 7.32. The molecule has 0 heterocycles. The van der Waals surface area contributed by atoms with Gasteiger partial charge in [-0.2, -0.15) is 12.6 Å². The maximum Gasteiger partial charge on any atom is 0.0872 e. The van der Waals surface area contributed by atoms with Gasteiger partial charge in [0, 0.05) is 23.9 Å². The quantitative estimate of drug-likeness (QED) is 0.299. The summed E-state index contributed by atoms with van der Waals surface area (Å²) in [5, 5.41) is 0. The van der Waals surface area contributed by atoms with E-state index in [2.05, 4.69) is 45.7 Å². The molecule has 0 aliphatic rings. The minimum Gasteiger partial charge on any atom is -0.330 e. The van der Waals surface area contributed by atoms with Crippen molar-refractivity contribution in [3.8, 4) is 0 Å². The fourth-order valence-corrected chi connectivity index (χ4v) is 2.38. The maximum absolute atomic E-state index is 4.20. The van der Waals surface area contributed by atoms with Gasteiger partial charge in [-0.25, -0.2) is 0 Å². The highest BCUT2D eigenvalue weighted by Gasteiger charge is 2.06. The number of quaternary nitrogens is 1. The van der Waals surface area contributed by atoms with Crippen LogP contribution in [0.1, 0.15) is 0 Å². The SMILES string of the molecule is CN(CCS)CSCC[N+](C)(C)C. The molecule has 0 aliphatic carbocycles. The zero-order chi connectivity index (χ0) is 10.3. The smallest absolute Gasteiger partial charge is 0.0872 e. The van der Waals surface area contributed by atoms with Gasteiger partial charge in [-0.05, 0) is 7.05 Å². The van der Waals surface area contributed by atoms with Crippen LogP contribution < -0.4 is 0 Å². The molecule has 0 aromatic carbocycles. The van der Waals surface area contributed by atoms with Crippen LogP contribution >= 0.6 is 24.4 Å². The first-order chi connectivity index (χ1) is 5.95. The molecule has 2 nitrogen and oxygen atoms in total. The molecule has 0 spiro atoms. The number of thioether (sulfide) groups is 1. The summed E-state index contributed by atoms with van der Waals surface area (Å²) in [4.78, 5) is 2.31. The lowest BCUT2D eigenvalue weighted by Gasteiger charge is -2.24. The van der Waals surface area contributed by atoms with E-state index in [0.29, 0.717) is 0 Å². The van der Waals surface area contributed by atoms with Crippen LogP contribution in [0.2, 0.25) is 0 Å². The van der Waals surface area contributed by atoms with Crippen molar-refractivity contribution >= 4 is 24.4 Å². The van der Waals surface area contributed by atoms with Crippen molar-refractivity contribution < 1.29 is 4.48 Å². The van der Waals surface area contributed by atoms with Crippen molar-refractivity contribution in [2.75, 3.05) is 58.7 Å². The van der Waals surface area contributed by atoms with Crippen LogP contribution in [-0.4, -0.2) is 68.0 Å². The number of thiol groups is 1. The highest BCUT2D eigenvalue weighted by molar-refractivity contribution is 7.99. The van der Waals surface area contributed by atoms with Crippen molar-refractivity contribution in [1.82, 2.24) is 4.90 Å². The molecule has 0 rings (SSSR count). The van der Waals surface area contributed by atoms with Crippen LogP contribution in [0.5, 0.6) is 0 Å². The number of hydrogen-bond acceptors (Lipinski definition) is 3. The van der Waals surface area contributed by atoms with Gasteiger partial charge in [0.15, 0.2) is 0 Å². The average Bonchev–Trinajstić information content (AvgIpc) is 1.97. The molecule has 0 aliphatic heterocycles. The Balaban J connectivity index is 3.25. The summed E-state index contributed by atoms with van der Waals surface area (Å²) in [6, 6.07) is 0. The van der Waals surface area contributed by atoms with Crippen molar-refractivity contribution in [1.29, 1.82) is 0 Å². The van der Waals surface area contributed by atoms with E-state index in [-0.39, 0.29) is 0 Å². The minimum atomic E-state index is 0.951. The zero-order valence-corrected chi connectivity index (χ0v) is 11.0. The monoisotopic (exact) mass is 223 g/mol. The number of rotatable bonds is 7. The Labute approximate surface area is 92.7 Å². The highest BCUT2D eigenvalue weighted by atomic mass is 32.2. The van der Waals surface area contributed by atoms with E-state index >= 15 is 0 Å². The summed E-state index contributed by atoms with van der Waals surface area (Å²) in [6.07, 6.45) is 0. The molecule has 13 heavy (non-hydrogen) atoms. The van der Waals surface area contributed by atoms with Gasteiger partial charge in [-0.1, -0.05) is 0 Å². The summed E-state index contributed by atoms with van der Waals surface area (Å²) >= 11 is 6.20. The minimum absolute atomic E-state index is 0.951. The van der Waals surface area contributed by atoms with Crippen LogP contribution in [0.3, 0.4) is 0 Å². The fourth-order valence-electron chi connectivity index (χ4n) is 0.794. The second-order valence-electron chi connectivity index (χ2n) is 4.35. The van der Waals surface area contributed by atoms with E-state index < -0.39 is 0 Å². The van der Waals surface area contributed by atoms with Crippen molar-refractivity contribution in [3.05, 3.63) is 0 Å². The Morgan fingerprint density at radius 1 is 1.31 bits per heavy atom. The summed E-state index contributed by atoms with van der Waals surface area (Å²) in [5.41, 5.74) is 0. The van der Waals surface area contributed by atoms with Gasteiger partial charge < -0.3 is 4.48 Å². The van der Waals surface area contributed by atoms with Crippen molar-refractivity contribution in [2.45, 2.75) is 0 Å². The first kappa shape index (κ1) is 13.6.